The molecule has 5 heteroatoms. The molecule has 0 atom stereocenters. The predicted octanol–water partition coefficient (Wildman–Crippen LogP) is 18.4. The minimum absolute atomic E-state index is 0.00133. The van der Waals surface area contributed by atoms with Gasteiger partial charge in [-0.15, -0.1) is 0 Å². The molecule has 0 radical (unpaired) electrons. The Kier molecular flexibility index (Phi) is 11.8. The molecule has 1 aliphatic heterocycles. The van der Waals surface area contributed by atoms with E-state index in [1.165, 1.54) is 66.7 Å². The summed E-state index contributed by atoms with van der Waals surface area (Å²) < 4.78 is 9.44. The van der Waals surface area contributed by atoms with E-state index in [1.807, 2.05) is 6.20 Å². The molecule has 10 rings (SSSR count). The van der Waals surface area contributed by atoms with Crippen molar-refractivity contribution < 1.29 is 4.74 Å². The quantitative estimate of drug-likeness (QED) is 0.152. The van der Waals surface area contributed by atoms with Crippen LogP contribution in [0.25, 0.3) is 38.8 Å². The normalized spacial score (nSPS) is 13.6. The summed E-state index contributed by atoms with van der Waals surface area (Å²) in [6.45, 7) is 32.7. The first-order valence-corrected chi connectivity index (χ1v) is 25.8. The Morgan fingerprint density at radius 1 is 0.389 bits per heavy atom. The lowest BCUT2D eigenvalue weighted by atomic mass is 9.78. The molecule has 0 aliphatic carbocycles. The zero-order valence-electron chi connectivity index (χ0n) is 45.1. The Labute approximate surface area is 429 Å². The highest BCUT2D eigenvalue weighted by atomic mass is 16.5. The van der Waals surface area contributed by atoms with Crippen LogP contribution in [0.4, 0.5) is 22.7 Å². The van der Waals surface area contributed by atoms with Crippen molar-refractivity contribution >= 4 is 44.6 Å². The van der Waals surface area contributed by atoms with Crippen molar-refractivity contribution in [3.05, 3.63) is 203 Å². The summed E-state index contributed by atoms with van der Waals surface area (Å²) >= 11 is 0. The summed E-state index contributed by atoms with van der Waals surface area (Å²) in [5.74, 6) is 2.47. The number of hydrogen-bond acceptors (Lipinski definition) is 4. The summed E-state index contributed by atoms with van der Waals surface area (Å²) in [6, 6.07) is 60.6. The minimum Gasteiger partial charge on any atom is -0.457 e. The molecule has 0 N–H and O–H groups in total. The number of benzene rings is 7. The first-order valence-electron chi connectivity index (χ1n) is 25.8. The van der Waals surface area contributed by atoms with Gasteiger partial charge >= 0.3 is 0 Å². The first kappa shape index (κ1) is 48.5. The van der Waals surface area contributed by atoms with E-state index >= 15 is 0 Å². The van der Waals surface area contributed by atoms with Crippen LogP contribution in [-0.4, -0.2) is 16.2 Å². The van der Waals surface area contributed by atoms with Crippen LogP contribution >= 0.6 is 0 Å². The van der Waals surface area contributed by atoms with Crippen LogP contribution in [0.2, 0.25) is 0 Å². The maximum atomic E-state index is 7.12. The lowest BCUT2D eigenvalue weighted by molar-refractivity contribution is 0.479. The van der Waals surface area contributed by atoms with Crippen molar-refractivity contribution in [2.24, 2.45) is 0 Å². The Hall–Kier alpha value is -7.11. The highest BCUT2D eigenvalue weighted by molar-refractivity contribution is 6.10. The Balaban J connectivity index is 1.12. The second-order valence-corrected chi connectivity index (χ2v) is 24.8. The summed E-state index contributed by atoms with van der Waals surface area (Å²) in [5.41, 5.74) is 16.3. The molecule has 2 aromatic heterocycles. The van der Waals surface area contributed by atoms with Crippen molar-refractivity contribution in [2.45, 2.75) is 124 Å². The van der Waals surface area contributed by atoms with Gasteiger partial charge < -0.3 is 14.5 Å². The molecule has 0 unspecified atom stereocenters. The summed E-state index contributed by atoms with van der Waals surface area (Å²) in [5, 5.41) is 2.38. The van der Waals surface area contributed by atoms with Crippen molar-refractivity contribution in [3.63, 3.8) is 0 Å². The van der Waals surface area contributed by atoms with E-state index in [2.05, 4.69) is 275 Å². The van der Waals surface area contributed by atoms with Crippen molar-refractivity contribution in [2.75, 3.05) is 16.5 Å². The van der Waals surface area contributed by atoms with Crippen LogP contribution < -0.4 is 14.5 Å². The van der Waals surface area contributed by atoms with E-state index in [0.717, 1.165) is 39.7 Å². The number of anilines is 4. The van der Waals surface area contributed by atoms with Crippen molar-refractivity contribution in [1.82, 2.24) is 9.55 Å². The number of ether oxygens (including phenoxy) is 1. The van der Waals surface area contributed by atoms with Crippen LogP contribution in [0.5, 0.6) is 11.5 Å². The van der Waals surface area contributed by atoms with E-state index in [0.29, 0.717) is 6.67 Å². The number of rotatable bonds is 8. The molecule has 1 aliphatic rings. The molecule has 7 aromatic carbocycles. The highest BCUT2D eigenvalue weighted by Crippen LogP contribution is 2.50. The molecule has 9 aromatic rings. The molecule has 0 saturated heterocycles. The molecule has 3 heterocycles. The maximum Gasteiger partial charge on any atom is 0.137 e. The zero-order chi connectivity index (χ0) is 51.1. The smallest absolute Gasteiger partial charge is 0.137 e. The van der Waals surface area contributed by atoms with Crippen LogP contribution in [0.15, 0.2) is 170 Å². The second-order valence-electron chi connectivity index (χ2n) is 24.8. The molecule has 5 nitrogen and oxygen atoms in total. The predicted molar refractivity (Wildman–Crippen MR) is 306 cm³/mol. The van der Waals surface area contributed by atoms with Gasteiger partial charge in [0.25, 0.3) is 0 Å². The molecular formula is C67H72N4O. The first-order chi connectivity index (χ1) is 33.9. The van der Waals surface area contributed by atoms with E-state index in [9.17, 15) is 0 Å². The van der Waals surface area contributed by atoms with Gasteiger partial charge in [0.1, 0.15) is 24.0 Å². The fraction of sp³-hybridized carbons (Fsp3) is 0.299. The van der Waals surface area contributed by atoms with Gasteiger partial charge in [0, 0.05) is 45.9 Å². The maximum absolute atomic E-state index is 7.12. The second kappa shape index (κ2) is 17.6. The third kappa shape index (κ3) is 9.19. The third-order valence-electron chi connectivity index (χ3n) is 15.0. The third-order valence-corrected chi connectivity index (χ3v) is 15.0. The van der Waals surface area contributed by atoms with Gasteiger partial charge in [-0.2, -0.15) is 0 Å². The zero-order valence-corrected chi connectivity index (χ0v) is 45.1. The summed E-state index contributed by atoms with van der Waals surface area (Å²) in [7, 11) is 0. The average molecular weight is 949 g/mol. The van der Waals surface area contributed by atoms with Gasteiger partial charge in [-0.1, -0.05) is 176 Å². The van der Waals surface area contributed by atoms with E-state index < -0.39 is 0 Å². The van der Waals surface area contributed by atoms with Gasteiger partial charge in [0.05, 0.1) is 22.4 Å². The molecule has 0 amide bonds. The van der Waals surface area contributed by atoms with Crippen LogP contribution in [-0.2, 0) is 27.1 Å². The van der Waals surface area contributed by atoms with Crippen LogP contribution in [0, 0.1) is 0 Å². The number of aromatic nitrogens is 2. The lowest BCUT2D eigenvalue weighted by Gasteiger charge is -2.28. The molecule has 366 valence electrons. The number of pyridine rings is 1. The standard InChI is InChI=1S/C67H72N4O/c1-63(2,3)47-25-29-58-57(38-47)56-28-27-54(42-60(56)71(58)62-40-48(31-32-68-62)64(4,5)6)72-55-37-51(66(10,11)12)36-53(41-55)69-43-70(52-34-45(44-21-17-15-18-22-44)33-50(35-52)65(7,8)9)61-39-49(26-30-59(61)69)67(13,14)46-23-19-16-20-24-46/h15-42H,43H2,1-14H3. The molecule has 72 heavy (non-hydrogen) atoms. The van der Waals surface area contributed by atoms with Gasteiger partial charge in [-0.25, -0.2) is 4.98 Å². The van der Waals surface area contributed by atoms with Gasteiger partial charge in [-0.05, 0) is 139 Å². The van der Waals surface area contributed by atoms with E-state index in [4.69, 9.17) is 9.72 Å². The fourth-order valence-corrected chi connectivity index (χ4v) is 10.3. The highest BCUT2D eigenvalue weighted by Gasteiger charge is 2.34. The molecule has 0 saturated carbocycles. The van der Waals surface area contributed by atoms with Gasteiger partial charge in [0.15, 0.2) is 0 Å². The lowest BCUT2D eigenvalue weighted by Crippen LogP contribution is -2.25. The van der Waals surface area contributed by atoms with Crippen molar-refractivity contribution in [3.8, 4) is 28.4 Å². The monoisotopic (exact) mass is 949 g/mol. The number of fused-ring (bicyclic) bond motifs is 4. The van der Waals surface area contributed by atoms with Crippen molar-refractivity contribution in [1.29, 1.82) is 0 Å². The number of nitrogens with zero attached hydrogens (tertiary/aromatic N) is 4. The molecule has 0 spiro atoms. The number of hydrogen-bond donors (Lipinski definition) is 0. The fourth-order valence-electron chi connectivity index (χ4n) is 10.3. The Morgan fingerprint density at radius 2 is 0.986 bits per heavy atom. The SMILES string of the molecule is CC(C)(C)c1cc(Oc2ccc3c4cc(C(C)(C)C)ccc4n(-c4cc(C(C)(C)C)ccn4)c3c2)cc(N2CN(c3cc(-c4ccccc4)cc(C(C)(C)C)c3)c3cc(C(C)(C)c4ccccc4)ccc32)c1. The topological polar surface area (TPSA) is 33.5 Å². The Bertz CT molecular complexity index is 3480. The Morgan fingerprint density at radius 3 is 1.65 bits per heavy atom. The van der Waals surface area contributed by atoms with E-state index in [1.54, 1.807) is 0 Å². The van der Waals surface area contributed by atoms with Crippen LogP contribution in [0.1, 0.15) is 130 Å². The molecule has 0 fully saturated rings. The van der Waals surface area contributed by atoms with Crippen LogP contribution in [0.3, 0.4) is 0 Å². The molecule has 0 bridgehead atoms. The average Bonchev–Trinajstić information content (AvgIpc) is 3.89. The van der Waals surface area contributed by atoms with Gasteiger partial charge in [-0.3, -0.25) is 4.57 Å². The largest absolute Gasteiger partial charge is 0.457 e. The summed E-state index contributed by atoms with van der Waals surface area (Å²) in [6.07, 6.45) is 1.95. The van der Waals surface area contributed by atoms with E-state index in [-0.39, 0.29) is 27.1 Å². The minimum atomic E-state index is -0.224. The van der Waals surface area contributed by atoms with Gasteiger partial charge in [0.2, 0.25) is 0 Å². The molecular weight excluding hydrogens is 877 g/mol. The summed E-state index contributed by atoms with van der Waals surface area (Å²) in [4.78, 5) is 10.0.